The molecule has 0 fully saturated rings. The number of hydrogen-bond donors (Lipinski definition) is 1. The maximum absolute atomic E-state index is 13.0. The Kier molecular flexibility index (Phi) is 7.76. The van der Waals surface area contributed by atoms with Crippen molar-refractivity contribution in [1.82, 2.24) is 9.88 Å². The zero-order valence-electron chi connectivity index (χ0n) is 21.0. The van der Waals surface area contributed by atoms with Crippen LogP contribution < -0.4 is 14.8 Å². The minimum absolute atomic E-state index is 0.0409. The number of benzene rings is 3. The number of nitrogens with one attached hydrogen (secondary N) is 1. The van der Waals surface area contributed by atoms with Gasteiger partial charge in [-0.2, -0.15) is 0 Å². The number of amides is 1. The normalized spacial score (nSPS) is 12.0. The van der Waals surface area contributed by atoms with Crippen molar-refractivity contribution in [1.29, 1.82) is 0 Å². The Bertz CT molecular complexity index is 1280. The highest BCUT2D eigenvalue weighted by Gasteiger charge is 2.24. The topological polar surface area (TPSA) is 52.5 Å². The van der Waals surface area contributed by atoms with Gasteiger partial charge < -0.3 is 19.4 Å². The Morgan fingerprint density at radius 3 is 2.46 bits per heavy atom. The van der Waals surface area contributed by atoms with Crippen molar-refractivity contribution in [3.8, 4) is 11.5 Å². The summed E-state index contributed by atoms with van der Waals surface area (Å²) in [6, 6.07) is 24.4. The van der Waals surface area contributed by atoms with Crippen LogP contribution in [0, 0.1) is 5.92 Å². The molecule has 0 saturated heterocycles. The van der Waals surface area contributed by atoms with Crippen LogP contribution in [0.2, 0.25) is 0 Å². The molecule has 4 rings (SSSR count). The number of carbonyl (C=O) groups is 1. The summed E-state index contributed by atoms with van der Waals surface area (Å²) in [4.78, 5) is 13.0. The van der Waals surface area contributed by atoms with Gasteiger partial charge in [0.05, 0.1) is 7.11 Å². The Labute approximate surface area is 207 Å². The number of aromatic nitrogens is 1. The third-order valence-electron chi connectivity index (χ3n) is 6.23. The lowest BCUT2D eigenvalue weighted by molar-refractivity contribution is -0.121. The number of rotatable bonds is 10. The van der Waals surface area contributed by atoms with E-state index in [1.165, 1.54) is 0 Å². The van der Waals surface area contributed by atoms with Crippen LogP contribution in [0.5, 0.6) is 11.5 Å². The maximum atomic E-state index is 13.0. The molecule has 1 atom stereocenters. The van der Waals surface area contributed by atoms with E-state index in [9.17, 15) is 4.79 Å². The van der Waals surface area contributed by atoms with E-state index in [1.54, 1.807) is 7.11 Å². The number of aryl methyl sites for hydroxylation is 1. The Morgan fingerprint density at radius 1 is 0.971 bits per heavy atom. The molecule has 0 bridgehead atoms. The summed E-state index contributed by atoms with van der Waals surface area (Å²) in [6.07, 6.45) is 2.49. The van der Waals surface area contributed by atoms with Gasteiger partial charge in [0.25, 0.3) is 0 Å². The number of hydrogen-bond acceptors (Lipinski definition) is 3. The van der Waals surface area contributed by atoms with Gasteiger partial charge >= 0.3 is 0 Å². The van der Waals surface area contributed by atoms with Crippen LogP contribution in [-0.4, -0.2) is 24.1 Å². The SMILES string of the molecule is COc1ccc(C(CC(=O)NCC(C)C)c2cn(C)c3ccccc23)cc1OCc1ccccc1. The van der Waals surface area contributed by atoms with Crippen LogP contribution in [-0.2, 0) is 18.4 Å². The third-order valence-corrected chi connectivity index (χ3v) is 6.23. The summed E-state index contributed by atoms with van der Waals surface area (Å²) in [5.74, 6) is 1.65. The molecule has 0 spiro atoms. The van der Waals surface area contributed by atoms with E-state index in [0.717, 1.165) is 27.6 Å². The van der Waals surface area contributed by atoms with Crippen LogP contribution in [0.4, 0.5) is 0 Å². The summed E-state index contributed by atoms with van der Waals surface area (Å²) in [6.45, 7) is 5.30. The molecule has 3 aromatic carbocycles. The quantitative estimate of drug-likeness (QED) is 0.306. The van der Waals surface area contributed by atoms with Crippen molar-refractivity contribution in [2.45, 2.75) is 32.8 Å². The molecule has 4 aromatic rings. The van der Waals surface area contributed by atoms with Gasteiger partial charge in [-0.3, -0.25) is 4.79 Å². The van der Waals surface area contributed by atoms with Gasteiger partial charge in [0, 0.05) is 43.0 Å². The minimum atomic E-state index is -0.127. The molecule has 0 saturated carbocycles. The maximum Gasteiger partial charge on any atom is 0.220 e. The van der Waals surface area contributed by atoms with Gasteiger partial charge in [-0.05, 0) is 40.8 Å². The summed E-state index contributed by atoms with van der Waals surface area (Å²) in [7, 11) is 3.69. The van der Waals surface area contributed by atoms with E-state index in [-0.39, 0.29) is 11.8 Å². The molecule has 1 amide bonds. The van der Waals surface area contributed by atoms with E-state index < -0.39 is 0 Å². The van der Waals surface area contributed by atoms with Crippen molar-refractivity contribution in [2.24, 2.45) is 13.0 Å². The first-order chi connectivity index (χ1) is 17.0. The fraction of sp³-hybridized carbons (Fsp3) is 0.300. The van der Waals surface area contributed by atoms with E-state index in [2.05, 4.69) is 42.1 Å². The standard InChI is InChI=1S/C30H34N2O3/c1-21(2)18-31-30(33)17-25(26-19-32(3)27-13-9-8-12-24(26)27)23-14-15-28(34-4)29(16-23)35-20-22-10-6-5-7-11-22/h5-16,19,21,25H,17-18,20H2,1-4H3,(H,31,33). The number of fused-ring (bicyclic) bond motifs is 1. The highest BCUT2D eigenvalue weighted by atomic mass is 16.5. The van der Waals surface area contributed by atoms with E-state index in [0.29, 0.717) is 37.0 Å². The molecular formula is C30H34N2O3. The van der Waals surface area contributed by atoms with Gasteiger partial charge in [0.15, 0.2) is 11.5 Å². The molecule has 5 nitrogen and oxygen atoms in total. The average Bonchev–Trinajstić information content (AvgIpc) is 3.21. The van der Waals surface area contributed by atoms with Gasteiger partial charge in [0.1, 0.15) is 6.61 Å². The molecule has 1 unspecified atom stereocenters. The predicted octanol–water partition coefficient (Wildman–Crippen LogP) is 6.06. The van der Waals surface area contributed by atoms with Crippen LogP contribution in [0.25, 0.3) is 10.9 Å². The van der Waals surface area contributed by atoms with Crippen LogP contribution >= 0.6 is 0 Å². The number of nitrogens with zero attached hydrogens (tertiary/aromatic N) is 1. The highest BCUT2D eigenvalue weighted by molar-refractivity contribution is 5.86. The third kappa shape index (κ3) is 5.86. The van der Waals surface area contributed by atoms with E-state index in [1.807, 2.05) is 67.7 Å². The van der Waals surface area contributed by atoms with Gasteiger partial charge in [0.2, 0.25) is 5.91 Å². The fourth-order valence-corrected chi connectivity index (χ4v) is 4.39. The predicted molar refractivity (Wildman–Crippen MR) is 141 cm³/mol. The van der Waals surface area contributed by atoms with Crippen molar-refractivity contribution < 1.29 is 14.3 Å². The number of methoxy groups -OCH3 is 1. The van der Waals surface area contributed by atoms with Gasteiger partial charge in [-0.1, -0.05) is 68.4 Å². The zero-order chi connectivity index (χ0) is 24.8. The Morgan fingerprint density at radius 2 is 1.71 bits per heavy atom. The van der Waals surface area contributed by atoms with Crippen molar-refractivity contribution in [2.75, 3.05) is 13.7 Å². The second-order valence-electron chi connectivity index (χ2n) is 9.35. The lowest BCUT2D eigenvalue weighted by Gasteiger charge is -2.20. The lowest BCUT2D eigenvalue weighted by Crippen LogP contribution is -2.28. The Balaban J connectivity index is 1.71. The molecule has 0 aliphatic heterocycles. The minimum Gasteiger partial charge on any atom is -0.493 e. The van der Waals surface area contributed by atoms with Crippen LogP contribution in [0.1, 0.15) is 42.9 Å². The summed E-state index contributed by atoms with van der Waals surface area (Å²) in [5, 5.41) is 4.24. The molecule has 1 aromatic heterocycles. The fourth-order valence-electron chi connectivity index (χ4n) is 4.39. The summed E-state index contributed by atoms with van der Waals surface area (Å²) < 4.78 is 13.9. The zero-order valence-corrected chi connectivity index (χ0v) is 21.0. The molecule has 5 heteroatoms. The smallest absolute Gasteiger partial charge is 0.220 e. The average molecular weight is 471 g/mol. The molecule has 1 heterocycles. The first-order valence-corrected chi connectivity index (χ1v) is 12.1. The summed E-state index contributed by atoms with van der Waals surface area (Å²) in [5.41, 5.74) is 4.37. The van der Waals surface area contributed by atoms with Crippen molar-refractivity contribution >= 4 is 16.8 Å². The largest absolute Gasteiger partial charge is 0.493 e. The number of ether oxygens (including phenoxy) is 2. The molecule has 0 aliphatic rings. The molecule has 35 heavy (non-hydrogen) atoms. The first-order valence-electron chi connectivity index (χ1n) is 12.1. The molecule has 182 valence electrons. The van der Waals surface area contributed by atoms with Crippen molar-refractivity contribution in [3.05, 3.63) is 95.7 Å². The second-order valence-corrected chi connectivity index (χ2v) is 9.35. The Hall–Kier alpha value is -3.73. The number of carbonyl (C=O) groups excluding carboxylic acids is 1. The summed E-state index contributed by atoms with van der Waals surface area (Å²) >= 11 is 0. The molecular weight excluding hydrogens is 436 g/mol. The lowest BCUT2D eigenvalue weighted by atomic mass is 9.87. The molecule has 0 aliphatic carbocycles. The van der Waals surface area contributed by atoms with Crippen LogP contribution in [0.15, 0.2) is 79.0 Å². The van der Waals surface area contributed by atoms with Gasteiger partial charge in [-0.25, -0.2) is 0 Å². The van der Waals surface area contributed by atoms with Gasteiger partial charge in [-0.15, -0.1) is 0 Å². The highest BCUT2D eigenvalue weighted by Crippen LogP contribution is 2.38. The van der Waals surface area contributed by atoms with Crippen molar-refractivity contribution in [3.63, 3.8) is 0 Å². The van der Waals surface area contributed by atoms with E-state index >= 15 is 0 Å². The monoisotopic (exact) mass is 470 g/mol. The number of para-hydroxylation sites is 1. The van der Waals surface area contributed by atoms with E-state index in [4.69, 9.17) is 9.47 Å². The van der Waals surface area contributed by atoms with Crippen LogP contribution in [0.3, 0.4) is 0 Å². The molecule has 1 N–H and O–H groups in total. The first kappa shape index (κ1) is 24.4. The second kappa shape index (κ2) is 11.1. The molecule has 0 radical (unpaired) electrons.